The van der Waals surface area contributed by atoms with E-state index in [9.17, 15) is 14.4 Å². The van der Waals surface area contributed by atoms with Gasteiger partial charge in [0.25, 0.3) is 11.5 Å². The highest BCUT2D eigenvalue weighted by Gasteiger charge is 2.23. The van der Waals surface area contributed by atoms with Crippen LogP contribution in [0.5, 0.6) is 17.4 Å². The van der Waals surface area contributed by atoms with Gasteiger partial charge in [-0.25, -0.2) is 19.0 Å². The lowest BCUT2D eigenvalue weighted by Crippen LogP contribution is -2.25. The lowest BCUT2D eigenvalue weighted by Gasteiger charge is -2.13. The Bertz CT molecular complexity index is 1920. The van der Waals surface area contributed by atoms with Crippen molar-refractivity contribution in [2.45, 2.75) is 6.92 Å². The van der Waals surface area contributed by atoms with Crippen molar-refractivity contribution in [2.24, 2.45) is 7.05 Å². The van der Waals surface area contributed by atoms with Crippen molar-refractivity contribution < 1.29 is 23.5 Å². The Labute approximate surface area is 238 Å². The summed E-state index contributed by atoms with van der Waals surface area (Å²) in [6, 6.07) is 15.9. The van der Waals surface area contributed by atoms with Crippen molar-refractivity contribution in [3.05, 3.63) is 107 Å². The van der Waals surface area contributed by atoms with E-state index in [1.807, 2.05) is 6.07 Å². The largest absolute Gasteiger partial charge is 0.494 e. The first-order valence-corrected chi connectivity index (χ1v) is 12.6. The predicted octanol–water partition coefficient (Wildman–Crippen LogP) is 4.74. The molecule has 0 aliphatic rings. The van der Waals surface area contributed by atoms with Crippen LogP contribution in [0.1, 0.15) is 16.1 Å². The molecule has 0 saturated carbocycles. The van der Waals surface area contributed by atoms with Gasteiger partial charge in [0.2, 0.25) is 11.8 Å². The van der Waals surface area contributed by atoms with Gasteiger partial charge < -0.3 is 20.1 Å². The molecule has 0 radical (unpaired) electrons. The summed E-state index contributed by atoms with van der Waals surface area (Å²) in [5, 5.41) is 5.60. The maximum atomic E-state index is 15.2. The van der Waals surface area contributed by atoms with Crippen LogP contribution in [0.4, 0.5) is 15.8 Å². The first-order valence-electron chi connectivity index (χ1n) is 12.6. The molecule has 11 nitrogen and oxygen atoms in total. The van der Waals surface area contributed by atoms with E-state index in [1.54, 1.807) is 55.1 Å². The minimum Gasteiger partial charge on any atom is -0.494 e. The van der Waals surface area contributed by atoms with Crippen LogP contribution in [0.2, 0.25) is 0 Å². The van der Waals surface area contributed by atoms with Crippen LogP contribution in [-0.4, -0.2) is 38.3 Å². The minimum atomic E-state index is -0.792. The number of hydrogen-bond acceptors (Lipinski definition) is 7. The second-order valence-electron chi connectivity index (χ2n) is 9.08. The van der Waals surface area contributed by atoms with E-state index in [1.165, 1.54) is 30.3 Å². The van der Waals surface area contributed by atoms with E-state index >= 15 is 4.39 Å². The Hall–Kier alpha value is -5.78. The van der Waals surface area contributed by atoms with Gasteiger partial charge in [0.05, 0.1) is 35.1 Å². The Morgan fingerprint density at radius 2 is 1.79 bits per heavy atom. The summed E-state index contributed by atoms with van der Waals surface area (Å²) in [4.78, 5) is 46.5. The third-order valence-electron chi connectivity index (χ3n) is 6.54. The fourth-order valence-electron chi connectivity index (χ4n) is 4.38. The fraction of sp³-hybridized carbons (Fsp3) is 0.100. The van der Waals surface area contributed by atoms with Crippen molar-refractivity contribution in [1.82, 2.24) is 19.3 Å². The van der Waals surface area contributed by atoms with E-state index in [-0.39, 0.29) is 22.9 Å². The SMILES string of the molecule is C=CC(=O)Nc1cc2c(Oc3ccc(NC(=O)c4c(C)n(C)n(-c5ccccc5)c4=O)cc3F)ncnc2cc1OC. The highest BCUT2D eigenvalue weighted by Crippen LogP contribution is 2.35. The molecule has 0 saturated heterocycles. The summed E-state index contributed by atoms with van der Waals surface area (Å²) >= 11 is 0. The molecular weight excluding hydrogens is 543 g/mol. The number of fused-ring (bicyclic) bond motifs is 1. The number of ether oxygens (including phenoxy) is 2. The predicted molar refractivity (Wildman–Crippen MR) is 155 cm³/mol. The van der Waals surface area contributed by atoms with Gasteiger partial charge in [-0.2, -0.15) is 0 Å². The number of anilines is 2. The van der Waals surface area contributed by atoms with Gasteiger partial charge in [-0.15, -0.1) is 0 Å². The Balaban J connectivity index is 1.41. The normalized spacial score (nSPS) is 10.8. The van der Waals surface area contributed by atoms with Crippen molar-refractivity contribution in [1.29, 1.82) is 0 Å². The van der Waals surface area contributed by atoms with Crippen LogP contribution < -0.4 is 25.7 Å². The molecule has 2 heterocycles. The van der Waals surface area contributed by atoms with Crippen LogP contribution in [0, 0.1) is 12.7 Å². The number of hydrogen-bond donors (Lipinski definition) is 2. The first kappa shape index (κ1) is 27.8. The molecule has 12 heteroatoms. The topological polar surface area (TPSA) is 129 Å². The number of halogens is 1. The van der Waals surface area contributed by atoms with Crippen LogP contribution in [-0.2, 0) is 11.8 Å². The Morgan fingerprint density at radius 1 is 1.02 bits per heavy atom. The number of methoxy groups -OCH3 is 1. The number of carbonyl (C=O) groups excluding carboxylic acids is 2. The van der Waals surface area contributed by atoms with Gasteiger partial charge in [-0.1, -0.05) is 24.8 Å². The summed E-state index contributed by atoms with van der Waals surface area (Å²) < 4.78 is 29.2. The second-order valence-corrected chi connectivity index (χ2v) is 9.08. The quantitative estimate of drug-likeness (QED) is 0.259. The Kier molecular flexibility index (Phi) is 7.52. The summed E-state index contributed by atoms with van der Waals surface area (Å²) in [5.74, 6) is -1.74. The summed E-state index contributed by atoms with van der Waals surface area (Å²) in [6.45, 7) is 5.09. The van der Waals surface area contributed by atoms with Gasteiger partial charge in [0.1, 0.15) is 17.6 Å². The van der Waals surface area contributed by atoms with Gasteiger partial charge in [-0.05, 0) is 43.3 Å². The molecule has 0 atom stereocenters. The highest BCUT2D eigenvalue weighted by molar-refractivity contribution is 6.05. The van der Waals surface area contributed by atoms with Crippen molar-refractivity contribution >= 4 is 34.1 Å². The second kappa shape index (κ2) is 11.4. The molecule has 212 valence electrons. The maximum absolute atomic E-state index is 15.2. The molecular formula is C30H25FN6O5. The van der Waals surface area contributed by atoms with Crippen molar-refractivity contribution in [3.8, 4) is 23.1 Å². The molecule has 0 spiro atoms. The summed E-state index contributed by atoms with van der Waals surface area (Å²) in [6.07, 6.45) is 2.35. The van der Waals surface area contributed by atoms with Crippen molar-refractivity contribution in [3.63, 3.8) is 0 Å². The van der Waals surface area contributed by atoms with Gasteiger partial charge in [0.15, 0.2) is 11.6 Å². The average molecular weight is 569 g/mol. The van der Waals surface area contributed by atoms with Crippen LogP contribution in [0.25, 0.3) is 16.6 Å². The lowest BCUT2D eigenvalue weighted by atomic mass is 10.2. The molecule has 5 rings (SSSR count). The standard InChI is InChI=1S/C30H25FN6O5/c1-5-26(38)35-23-14-20-22(15-25(23)41-4)32-16-33-29(20)42-24-12-11-18(13-21(24)31)34-28(39)27-17(2)36(3)37(30(27)40)19-9-7-6-8-10-19/h5-16H,1H2,2-4H3,(H,34,39)(H,35,38). The third kappa shape index (κ3) is 5.20. The van der Waals surface area contributed by atoms with E-state index < -0.39 is 23.2 Å². The monoisotopic (exact) mass is 568 g/mol. The van der Waals surface area contributed by atoms with Gasteiger partial charge in [-0.3, -0.25) is 19.1 Å². The molecule has 3 aromatic carbocycles. The molecule has 2 amide bonds. The van der Waals surface area contributed by atoms with Crippen LogP contribution in [0.15, 0.2) is 84.4 Å². The van der Waals surface area contributed by atoms with E-state index in [0.29, 0.717) is 33.7 Å². The van der Waals surface area contributed by atoms with Crippen LogP contribution in [0.3, 0.4) is 0 Å². The Morgan fingerprint density at radius 3 is 2.48 bits per heavy atom. The number of para-hydroxylation sites is 1. The highest BCUT2D eigenvalue weighted by atomic mass is 19.1. The van der Waals surface area contributed by atoms with E-state index in [0.717, 1.165) is 12.1 Å². The minimum absolute atomic E-state index is 0.0220. The van der Waals surface area contributed by atoms with E-state index in [4.69, 9.17) is 9.47 Å². The first-order chi connectivity index (χ1) is 20.2. The molecule has 42 heavy (non-hydrogen) atoms. The number of amides is 2. The zero-order valence-electron chi connectivity index (χ0n) is 22.8. The third-order valence-corrected chi connectivity index (χ3v) is 6.54. The number of carbonyl (C=O) groups is 2. The molecule has 0 bridgehead atoms. The van der Waals surface area contributed by atoms with Crippen molar-refractivity contribution in [2.75, 3.05) is 17.7 Å². The number of nitrogens with zero attached hydrogens (tertiary/aromatic N) is 4. The molecule has 5 aromatic rings. The lowest BCUT2D eigenvalue weighted by molar-refractivity contribution is -0.111. The smallest absolute Gasteiger partial charge is 0.284 e. The average Bonchev–Trinajstić information content (AvgIpc) is 3.21. The van der Waals surface area contributed by atoms with Gasteiger partial charge >= 0.3 is 0 Å². The molecule has 0 unspecified atom stereocenters. The zero-order chi connectivity index (χ0) is 30.0. The van der Waals surface area contributed by atoms with E-state index in [2.05, 4.69) is 27.2 Å². The molecule has 2 N–H and O–H groups in total. The molecule has 0 aliphatic carbocycles. The number of nitrogens with one attached hydrogen (secondary N) is 2. The van der Waals surface area contributed by atoms with Gasteiger partial charge in [0, 0.05) is 24.9 Å². The number of aromatic nitrogens is 4. The molecule has 0 fully saturated rings. The van der Waals surface area contributed by atoms with Crippen LogP contribution >= 0.6 is 0 Å². The summed E-state index contributed by atoms with van der Waals surface area (Å²) in [7, 11) is 3.12. The summed E-state index contributed by atoms with van der Waals surface area (Å²) in [5.41, 5.74) is 1.33. The fourth-order valence-corrected chi connectivity index (χ4v) is 4.38. The number of benzene rings is 3. The zero-order valence-corrected chi connectivity index (χ0v) is 22.8. The molecule has 2 aromatic heterocycles. The number of rotatable bonds is 8. The maximum Gasteiger partial charge on any atom is 0.284 e. The molecule has 0 aliphatic heterocycles.